The summed E-state index contributed by atoms with van der Waals surface area (Å²) in [5.74, 6) is 2.73. The summed E-state index contributed by atoms with van der Waals surface area (Å²) in [6.45, 7) is 4.53. The second-order valence-electron chi connectivity index (χ2n) is 4.40. The Morgan fingerprint density at radius 2 is 2.47 bits per heavy atom. The van der Waals surface area contributed by atoms with Gasteiger partial charge in [0.15, 0.2) is 0 Å². The van der Waals surface area contributed by atoms with E-state index in [1.165, 1.54) is 0 Å². The molecule has 84 valence electrons. The van der Waals surface area contributed by atoms with Crippen molar-refractivity contribution in [3.8, 4) is 12.3 Å². The highest BCUT2D eigenvalue weighted by molar-refractivity contribution is 5.82. The maximum Gasteiger partial charge on any atom is 0.227 e. The molecule has 0 bridgehead atoms. The van der Waals surface area contributed by atoms with Gasteiger partial charge in [0.1, 0.15) is 0 Å². The first kappa shape index (κ1) is 12.1. The van der Waals surface area contributed by atoms with E-state index < -0.39 is 0 Å². The number of terminal acetylenes is 1. The van der Waals surface area contributed by atoms with E-state index in [0.29, 0.717) is 6.54 Å². The van der Waals surface area contributed by atoms with E-state index in [1.807, 2.05) is 6.92 Å². The molecule has 3 heteroatoms. The summed E-state index contributed by atoms with van der Waals surface area (Å²) in [5, 5.41) is 6.22. The molecule has 0 saturated carbocycles. The quantitative estimate of drug-likeness (QED) is 0.532. The average Bonchev–Trinajstić information content (AvgIpc) is 2.25. The summed E-state index contributed by atoms with van der Waals surface area (Å²) in [4.78, 5) is 11.9. The first-order valence-electron chi connectivity index (χ1n) is 5.61. The molecule has 1 aliphatic rings. The fourth-order valence-corrected chi connectivity index (χ4v) is 1.86. The fraction of sp³-hybridized carbons (Fsp3) is 0.750. The van der Waals surface area contributed by atoms with Crippen LogP contribution in [0, 0.1) is 17.8 Å². The Hall–Kier alpha value is -1.01. The molecule has 0 aromatic carbocycles. The third-order valence-corrected chi connectivity index (χ3v) is 2.93. The van der Waals surface area contributed by atoms with Crippen molar-refractivity contribution in [2.75, 3.05) is 19.6 Å². The lowest BCUT2D eigenvalue weighted by Crippen LogP contribution is -2.48. The van der Waals surface area contributed by atoms with Gasteiger partial charge < -0.3 is 10.6 Å². The van der Waals surface area contributed by atoms with Crippen molar-refractivity contribution in [1.29, 1.82) is 0 Å². The second-order valence-corrected chi connectivity index (χ2v) is 4.40. The van der Waals surface area contributed by atoms with Crippen LogP contribution in [0.15, 0.2) is 0 Å². The highest BCUT2D eigenvalue weighted by atomic mass is 16.2. The molecule has 0 radical (unpaired) electrons. The lowest BCUT2D eigenvalue weighted by Gasteiger charge is -2.32. The van der Waals surface area contributed by atoms with Gasteiger partial charge in [-0.1, -0.05) is 0 Å². The minimum atomic E-state index is -0.228. The Balaban J connectivity index is 2.29. The number of carbonyl (C=O) groups excluding carboxylic acids is 1. The topological polar surface area (TPSA) is 41.1 Å². The van der Waals surface area contributed by atoms with Crippen molar-refractivity contribution < 1.29 is 4.79 Å². The summed E-state index contributed by atoms with van der Waals surface area (Å²) in [7, 11) is 0. The van der Waals surface area contributed by atoms with Gasteiger partial charge >= 0.3 is 0 Å². The van der Waals surface area contributed by atoms with Gasteiger partial charge in [-0.15, -0.1) is 12.3 Å². The summed E-state index contributed by atoms with van der Waals surface area (Å²) >= 11 is 0. The van der Waals surface area contributed by atoms with Crippen LogP contribution in [0.1, 0.15) is 32.6 Å². The van der Waals surface area contributed by atoms with Crippen molar-refractivity contribution >= 4 is 5.91 Å². The van der Waals surface area contributed by atoms with Gasteiger partial charge in [0.2, 0.25) is 5.91 Å². The number of rotatable bonds is 4. The Morgan fingerprint density at radius 3 is 3.07 bits per heavy atom. The maximum absolute atomic E-state index is 11.9. The molecule has 3 nitrogen and oxygen atoms in total. The third-order valence-electron chi connectivity index (χ3n) is 2.93. The monoisotopic (exact) mass is 208 g/mol. The van der Waals surface area contributed by atoms with E-state index in [-0.39, 0.29) is 11.3 Å². The largest absolute Gasteiger partial charge is 0.356 e. The first-order chi connectivity index (χ1) is 7.19. The van der Waals surface area contributed by atoms with Crippen molar-refractivity contribution in [3.05, 3.63) is 0 Å². The van der Waals surface area contributed by atoms with E-state index >= 15 is 0 Å². The molecule has 1 unspecified atom stereocenters. The van der Waals surface area contributed by atoms with Crippen LogP contribution >= 0.6 is 0 Å². The maximum atomic E-state index is 11.9. The molecule has 1 aliphatic heterocycles. The molecular weight excluding hydrogens is 188 g/mol. The molecule has 0 aromatic rings. The van der Waals surface area contributed by atoms with E-state index in [0.717, 1.165) is 38.8 Å². The van der Waals surface area contributed by atoms with Gasteiger partial charge in [-0.3, -0.25) is 4.79 Å². The number of amides is 1. The van der Waals surface area contributed by atoms with Crippen LogP contribution in [-0.2, 0) is 4.79 Å². The van der Waals surface area contributed by atoms with Gasteiger partial charge in [-0.2, -0.15) is 0 Å². The second kappa shape index (κ2) is 5.77. The molecule has 1 heterocycles. The number of hydrogen-bond donors (Lipinski definition) is 2. The van der Waals surface area contributed by atoms with Crippen molar-refractivity contribution in [2.45, 2.75) is 32.6 Å². The molecule has 0 aliphatic carbocycles. The van der Waals surface area contributed by atoms with Gasteiger partial charge in [-0.25, -0.2) is 0 Å². The van der Waals surface area contributed by atoms with Gasteiger partial charge in [-0.05, 0) is 32.7 Å². The van der Waals surface area contributed by atoms with Crippen LogP contribution in [0.3, 0.4) is 0 Å². The molecule has 1 atom stereocenters. The van der Waals surface area contributed by atoms with Crippen molar-refractivity contribution in [3.63, 3.8) is 0 Å². The van der Waals surface area contributed by atoms with Crippen LogP contribution in [0.4, 0.5) is 0 Å². The molecule has 2 N–H and O–H groups in total. The number of nitrogens with one attached hydrogen (secondary N) is 2. The molecule has 1 amide bonds. The van der Waals surface area contributed by atoms with Crippen LogP contribution in [0.25, 0.3) is 0 Å². The molecule has 15 heavy (non-hydrogen) atoms. The zero-order valence-corrected chi connectivity index (χ0v) is 9.44. The standard InChI is InChI=1S/C12H20N2O/c1-3-4-5-9-14-11(15)12(2)7-6-8-13-10-12/h1,13H,4-10H2,2H3,(H,14,15). The van der Waals surface area contributed by atoms with Gasteiger partial charge in [0.25, 0.3) is 0 Å². The van der Waals surface area contributed by atoms with Crippen LogP contribution in [0.5, 0.6) is 0 Å². The van der Waals surface area contributed by atoms with Crippen molar-refractivity contribution in [1.82, 2.24) is 10.6 Å². The Morgan fingerprint density at radius 1 is 1.67 bits per heavy atom. The highest BCUT2D eigenvalue weighted by Gasteiger charge is 2.33. The van der Waals surface area contributed by atoms with Crippen molar-refractivity contribution in [2.24, 2.45) is 5.41 Å². The molecule has 0 spiro atoms. The van der Waals surface area contributed by atoms with Crippen LogP contribution in [-0.4, -0.2) is 25.5 Å². The number of unbranched alkanes of at least 4 members (excludes halogenated alkanes) is 1. The van der Waals surface area contributed by atoms with Crippen LogP contribution in [0.2, 0.25) is 0 Å². The SMILES string of the molecule is C#CCCCNC(=O)C1(C)CCCNC1. The number of hydrogen-bond acceptors (Lipinski definition) is 2. The predicted octanol–water partition coefficient (Wildman–Crippen LogP) is 0.906. The smallest absolute Gasteiger partial charge is 0.227 e. The zero-order chi connectivity index (χ0) is 11.1. The molecule has 1 saturated heterocycles. The van der Waals surface area contributed by atoms with E-state index in [1.54, 1.807) is 0 Å². The van der Waals surface area contributed by atoms with E-state index in [4.69, 9.17) is 6.42 Å². The lowest BCUT2D eigenvalue weighted by molar-refractivity contribution is -0.131. The highest BCUT2D eigenvalue weighted by Crippen LogP contribution is 2.25. The Bertz CT molecular complexity index is 249. The fourth-order valence-electron chi connectivity index (χ4n) is 1.86. The third kappa shape index (κ3) is 3.56. The molecule has 0 aromatic heterocycles. The summed E-state index contributed by atoms with van der Waals surface area (Å²) in [5.41, 5.74) is -0.228. The zero-order valence-electron chi connectivity index (χ0n) is 9.44. The van der Waals surface area contributed by atoms with E-state index in [2.05, 4.69) is 16.6 Å². The minimum absolute atomic E-state index is 0.159. The first-order valence-corrected chi connectivity index (χ1v) is 5.61. The summed E-state index contributed by atoms with van der Waals surface area (Å²) in [6.07, 6.45) is 8.79. The van der Waals surface area contributed by atoms with Gasteiger partial charge in [0, 0.05) is 19.5 Å². The summed E-state index contributed by atoms with van der Waals surface area (Å²) in [6, 6.07) is 0. The average molecular weight is 208 g/mol. The van der Waals surface area contributed by atoms with Crippen LogP contribution < -0.4 is 10.6 Å². The minimum Gasteiger partial charge on any atom is -0.356 e. The number of carbonyl (C=O) groups is 1. The molecular formula is C12H20N2O. The van der Waals surface area contributed by atoms with E-state index in [9.17, 15) is 4.79 Å². The molecule has 1 fully saturated rings. The Labute approximate surface area is 92.0 Å². The predicted molar refractivity (Wildman–Crippen MR) is 61.3 cm³/mol. The number of piperidine rings is 1. The summed E-state index contributed by atoms with van der Waals surface area (Å²) < 4.78 is 0. The lowest BCUT2D eigenvalue weighted by atomic mass is 9.82. The normalized spacial score (nSPS) is 25.6. The molecule has 1 rings (SSSR count). The van der Waals surface area contributed by atoms with Gasteiger partial charge in [0.05, 0.1) is 5.41 Å². The Kier molecular flexibility index (Phi) is 4.64.